The molecule has 202 valence electrons. The van der Waals surface area contributed by atoms with Gasteiger partial charge in [-0.25, -0.2) is 9.78 Å². The largest absolute Gasteiger partial charge is 0.453 e. The molecule has 3 aromatic rings. The van der Waals surface area contributed by atoms with Gasteiger partial charge in [-0.3, -0.25) is 14.9 Å². The number of benzene rings is 2. The molecule has 0 unspecified atom stereocenters. The maximum absolute atomic E-state index is 13.3. The van der Waals surface area contributed by atoms with E-state index in [9.17, 15) is 14.4 Å². The standard InChI is InChI=1S/C29H32N6O4/c1-39-29(38)32-19-11-13-21-24(15-19)33-26(36)9-4-2-3-8-23(27-31-16-25(21)34-27)35-28(37)18-10-12-20-17(14-18)6-5-7-22(20)30/h2-3,10-16,22-23H,4-9,30H2,1H3,(H,31,34)(H,32,38)(H,33,36)(H,35,37)/b3-2-/t22-,23-/m0/s1. The Morgan fingerprint density at radius 2 is 2.00 bits per heavy atom. The van der Waals surface area contributed by atoms with Gasteiger partial charge in [0.1, 0.15) is 5.82 Å². The number of carbonyl (C=O) groups is 3. The predicted octanol–water partition coefficient (Wildman–Crippen LogP) is 4.74. The number of hydrogen-bond donors (Lipinski definition) is 5. The highest BCUT2D eigenvalue weighted by molar-refractivity contribution is 5.97. The summed E-state index contributed by atoms with van der Waals surface area (Å²) in [5.41, 5.74) is 11.4. The van der Waals surface area contributed by atoms with Gasteiger partial charge in [-0.05, 0) is 73.6 Å². The number of H-pyrrole nitrogens is 1. The Labute approximate surface area is 226 Å². The number of imidazole rings is 1. The molecule has 3 amide bonds. The first-order valence-electron chi connectivity index (χ1n) is 13.1. The Morgan fingerprint density at radius 1 is 1.13 bits per heavy atom. The lowest BCUT2D eigenvalue weighted by molar-refractivity contribution is -0.116. The maximum atomic E-state index is 13.3. The number of aromatic nitrogens is 2. The van der Waals surface area contributed by atoms with Crippen LogP contribution in [0.2, 0.25) is 0 Å². The summed E-state index contributed by atoms with van der Waals surface area (Å²) in [4.78, 5) is 45.5. The van der Waals surface area contributed by atoms with Crippen LogP contribution in [-0.2, 0) is 16.0 Å². The molecule has 5 rings (SSSR count). The van der Waals surface area contributed by atoms with Crippen LogP contribution in [-0.4, -0.2) is 35.0 Å². The van der Waals surface area contributed by atoms with Crippen molar-refractivity contribution in [2.24, 2.45) is 5.73 Å². The SMILES string of the molecule is COC(=O)Nc1ccc2c(c1)NC(=O)CC/C=C\C[C@H](NC(=O)c1ccc3c(c1)CCC[C@@H]3N)c1ncc-2[nH]1. The van der Waals surface area contributed by atoms with Gasteiger partial charge in [0.25, 0.3) is 5.91 Å². The van der Waals surface area contributed by atoms with Gasteiger partial charge in [-0.1, -0.05) is 18.2 Å². The van der Waals surface area contributed by atoms with E-state index in [4.69, 9.17) is 5.73 Å². The number of carbonyl (C=O) groups excluding carboxylic acids is 3. The van der Waals surface area contributed by atoms with E-state index in [0.717, 1.165) is 30.4 Å². The molecule has 0 spiro atoms. The second-order valence-corrected chi connectivity index (χ2v) is 9.79. The summed E-state index contributed by atoms with van der Waals surface area (Å²) < 4.78 is 4.67. The molecule has 0 radical (unpaired) electrons. The van der Waals surface area contributed by atoms with E-state index in [1.165, 1.54) is 7.11 Å². The van der Waals surface area contributed by atoms with E-state index in [2.05, 4.69) is 30.7 Å². The van der Waals surface area contributed by atoms with Gasteiger partial charge in [0.2, 0.25) is 5.91 Å². The Morgan fingerprint density at radius 3 is 2.85 bits per heavy atom. The van der Waals surface area contributed by atoms with Crippen LogP contribution in [0.5, 0.6) is 0 Å². The lowest BCUT2D eigenvalue weighted by Crippen LogP contribution is -2.29. The molecule has 1 aliphatic carbocycles. The second kappa shape index (κ2) is 11.5. The number of fused-ring (bicyclic) bond motifs is 5. The van der Waals surface area contributed by atoms with E-state index in [0.29, 0.717) is 46.9 Å². The molecule has 10 heteroatoms. The van der Waals surface area contributed by atoms with Crippen LogP contribution in [0.15, 0.2) is 54.7 Å². The van der Waals surface area contributed by atoms with Crippen molar-refractivity contribution in [3.63, 3.8) is 0 Å². The Hall–Kier alpha value is -4.44. The van der Waals surface area contributed by atoms with Crippen LogP contribution in [0.3, 0.4) is 0 Å². The van der Waals surface area contributed by atoms with Crippen LogP contribution >= 0.6 is 0 Å². The lowest BCUT2D eigenvalue weighted by Gasteiger charge is -2.23. The predicted molar refractivity (Wildman–Crippen MR) is 148 cm³/mol. The minimum Gasteiger partial charge on any atom is -0.453 e. The molecule has 2 aliphatic rings. The number of ether oxygens (including phenoxy) is 1. The topological polar surface area (TPSA) is 151 Å². The number of nitrogens with zero attached hydrogens (tertiary/aromatic N) is 1. The molecule has 0 saturated heterocycles. The normalized spacial score (nSPS) is 19.6. The van der Waals surface area contributed by atoms with Crippen molar-refractivity contribution in [2.75, 3.05) is 17.7 Å². The summed E-state index contributed by atoms with van der Waals surface area (Å²) in [7, 11) is 1.28. The van der Waals surface area contributed by atoms with Crippen LogP contribution in [0.25, 0.3) is 11.3 Å². The number of nitrogens with one attached hydrogen (secondary N) is 4. The monoisotopic (exact) mass is 528 g/mol. The number of amides is 3. The first-order valence-corrected chi connectivity index (χ1v) is 13.1. The molecule has 2 bridgehead atoms. The zero-order valence-electron chi connectivity index (χ0n) is 21.8. The van der Waals surface area contributed by atoms with Crippen LogP contribution in [0.1, 0.15) is 71.5 Å². The fourth-order valence-corrected chi connectivity index (χ4v) is 5.03. The highest BCUT2D eigenvalue weighted by Crippen LogP contribution is 2.32. The zero-order chi connectivity index (χ0) is 27.4. The molecule has 39 heavy (non-hydrogen) atoms. The van der Waals surface area contributed by atoms with E-state index in [-0.39, 0.29) is 24.3 Å². The maximum Gasteiger partial charge on any atom is 0.411 e. The van der Waals surface area contributed by atoms with Gasteiger partial charge >= 0.3 is 6.09 Å². The summed E-state index contributed by atoms with van der Waals surface area (Å²) >= 11 is 0. The summed E-state index contributed by atoms with van der Waals surface area (Å²) in [5, 5.41) is 8.67. The average molecular weight is 529 g/mol. The molecule has 1 aromatic heterocycles. The van der Waals surface area contributed by atoms with Crippen molar-refractivity contribution in [2.45, 2.75) is 50.6 Å². The second-order valence-electron chi connectivity index (χ2n) is 9.79. The molecular formula is C29H32N6O4. The number of aromatic amines is 1. The number of nitrogens with two attached hydrogens (primary N) is 1. The third-order valence-corrected chi connectivity index (χ3v) is 7.09. The Balaban J connectivity index is 1.43. The minimum absolute atomic E-state index is 0.0181. The molecule has 0 saturated carbocycles. The van der Waals surface area contributed by atoms with Gasteiger partial charge in [-0.2, -0.15) is 0 Å². The summed E-state index contributed by atoms with van der Waals surface area (Å²) in [6.45, 7) is 0. The van der Waals surface area contributed by atoms with Crippen molar-refractivity contribution in [1.29, 1.82) is 0 Å². The third-order valence-electron chi connectivity index (χ3n) is 7.09. The highest BCUT2D eigenvalue weighted by atomic mass is 16.5. The quantitative estimate of drug-likeness (QED) is 0.310. The first-order chi connectivity index (χ1) is 18.9. The summed E-state index contributed by atoms with van der Waals surface area (Å²) in [6, 6.07) is 10.5. The molecule has 0 fully saturated rings. The third kappa shape index (κ3) is 6.01. The average Bonchev–Trinajstić information content (AvgIpc) is 3.42. The summed E-state index contributed by atoms with van der Waals surface area (Å²) in [6.07, 6.45) is 9.16. The lowest BCUT2D eigenvalue weighted by atomic mass is 9.87. The minimum atomic E-state index is -0.611. The van der Waals surface area contributed by atoms with Crippen molar-refractivity contribution < 1.29 is 19.1 Å². The number of rotatable bonds is 3. The molecular weight excluding hydrogens is 496 g/mol. The first kappa shape index (κ1) is 26.2. The van der Waals surface area contributed by atoms with E-state index in [1.54, 1.807) is 24.4 Å². The van der Waals surface area contributed by atoms with E-state index in [1.807, 2.05) is 30.4 Å². The van der Waals surface area contributed by atoms with Crippen LogP contribution < -0.4 is 21.7 Å². The van der Waals surface area contributed by atoms with Crippen molar-refractivity contribution in [3.8, 4) is 11.3 Å². The fourth-order valence-electron chi connectivity index (χ4n) is 5.03. The summed E-state index contributed by atoms with van der Waals surface area (Å²) in [5.74, 6) is 0.247. The molecule has 1 aliphatic heterocycles. The van der Waals surface area contributed by atoms with Gasteiger partial charge in [-0.15, -0.1) is 0 Å². The molecule has 2 aromatic carbocycles. The highest BCUT2D eigenvalue weighted by Gasteiger charge is 2.22. The Kier molecular flexibility index (Phi) is 7.74. The van der Waals surface area contributed by atoms with E-state index >= 15 is 0 Å². The molecule has 6 N–H and O–H groups in total. The van der Waals surface area contributed by atoms with Gasteiger partial charge in [0.05, 0.1) is 30.7 Å². The van der Waals surface area contributed by atoms with Gasteiger partial charge in [0.15, 0.2) is 0 Å². The Bertz CT molecular complexity index is 1430. The zero-order valence-corrected chi connectivity index (χ0v) is 21.8. The number of allylic oxidation sites excluding steroid dienone is 1. The number of methoxy groups -OCH3 is 1. The molecule has 2 heterocycles. The van der Waals surface area contributed by atoms with Crippen LogP contribution in [0, 0.1) is 0 Å². The van der Waals surface area contributed by atoms with Gasteiger partial charge in [0, 0.05) is 29.3 Å². The van der Waals surface area contributed by atoms with Crippen molar-refractivity contribution in [3.05, 3.63) is 77.3 Å². The van der Waals surface area contributed by atoms with E-state index < -0.39 is 12.1 Å². The number of anilines is 2. The van der Waals surface area contributed by atoms with Crippen molar-refractivity contribution in [1.82, 2.24) is 15.3 Å². The van der Waals surface area contributed by atoms with Gasteiger partial charge < -0.3 is 26.1 Å². The fraction of sp³-hybridized carbons (Fsp3) is 0.310. The number of hydrogen-bond acceptors (Lipinski definition) is 6. The molecule has 10 nitrogen and oxygen atoms in total. The molecule has 2 atom stereocenters. The van der Waals surface area contributed by atoms with Crippen LogP contribution in [0.4, 0.5) is 16.2 Å². The smallest absolute Gasteiger partial charge is 0.411 e. The van der Waals surface area contributed by atoms with Crippen molar-refractivity contribution >= 4 is 29.3 Å². The number of aryl methyl sites for hydroxylation is 1.